The molecule has 1 aromatic carbocycles. The van der Waals surface area contributed by atoms with Gasteiger partial charge < -0.3 is 4.90 Å². The summed E-state index contributed by atoms with van der Waals surface area (Å²) in [7, 11) is 0. The van der Waals surface area contributed by atoms with Gasteiger partial charge in [0.05, 0.1) is 0 Å². The van der Waals surface area contributed by atoms with Crippen LogP contribution in [0.2, 0.25) is 0 Å². The molecule has 0 bridgehead atoms. The molecule has 1 aromatic rings. The molecule has 0 amide bonds. The Kier molecular flexibility index (Phi) is 2.84. The minimum atomic E-state index is -2.10. The second kappa shape index (κ2) is 5.20. The molecule has 1 rings (SSSR count). The van der Waals surface area contributed by atoms with Crippen LogP contribution in [-0.2, 0) is 6.42 Å². The van der Waals surface area contributed by atoms with Crippen molar-refractivity contribution >= 4 is 5.69 Å². The van der Waals surface area contributed by atoms with Crippen LogP contribution in [-0.4, -0.2) is 13.0 Å². The summed E-state index contributed by atoms with van der Waals surface area (Å²) >= 11 is 0. The normalized spacial score (nSPS) is 14.9. The van der Waals surface area contributed by atoms with E-state index in [2.05, 4.69) is 13.8 Å². The van der Waals surface area contributed by atoms with Crippen LogP contribution in [0.4, 0.5) is 5.69 Å². The SMILES string of the molecule is [2H]C([2H])([2H])N(c1ccccc1CC(C)C)C(C)C. The van der Waals surface area contributed by atoms with Gasteiger partial charge in [-0.1, -0.05) is 32.0 Å². The van der Waals surface area contributed by atoms with Crippen molar-refractivity contribution in [2.45, 2.75) is 40.2 Å². The van der Waals surface area contributed by atoms with Gasteiger partial charge in [-0.2, -0.15) is 0 Å². The van der Waals surface area contributed by atoms with Crippen LogP contribution in [0.25, 0.3) is 0 Å². The maximum absolute atomic E-state index is 7.70. The second-order valence-corrected chi connectivity index (χ2v) is 4.69. The van der Waals surface area contributed by atoms with Gasteiger partial charge in [0.25, 0.3) is 0 Å². The van der Waals surface area contributed by atoms with Crippen molar-refractivity contribution in [1.29, 1.82) is 0 Å². The number of para-hydroxylation sites is 1. The van der Waals surface area contributed by atoms with E-state index in [1.165, 1.54) is 4.90 Å². The third-order valence-corrected chi connectivity index (χ3v) is 2.40. The molecular weight excluding hydrogens is 182 g/mol. The molecule has 0 aliphatic rings. The fourth-order valence-electron chi connectivity index (χ4n) is 1.64. The van der Waals surface area contributed by atoms with Gasteiger partial charge in [0.2, 0.25) is 0 Å². The Morgan fingerprint density at radius 2 is 1.87 bits per heavy atom. The van der Waals surface area contributed by atoms with E-state index in [1.807, 2.05) is 38.1 Å². The van der Waals surface area contributed by atoms with E-state index in [9.17, 15) is 0 Å². The molecule has 0 saturated carbocycles. The summed E-state index contributed by atoms with van der Waals surface area (Å²) in [5, 5.41) is 0. The van der Waals surface area contributed by atoms with Gasteiger partial charge in [-0.3, -0.25) is 0 Å². The molecule has 0 N–H and O–H groups in total. The monoisotopic (exact) mass is 208 g/mol. The topological polar surface area (TPSA) is 3.24 Å². The van der Waals surface area contributed by atoms with Gasteiger partial charge in [0.15, 0.2) is 0 Å². The third-order valence-electron chi connectivity index (χ3n) is 2.40. The summed E-state index contributed by atoms with van der Waals surface area (Å²) in [6.07, 6.45) is 0.898. The van der Waals surface area contributed by atoms with Crippen LogP contribution < -0.4 is 4.90 Å². The predicted octanol–water partition coefficient (Wildman–Crippen LogP) is 3.73. The molecule has 0 aromatic heterocycles. The third kappa shape index (κ3) is 3.26. The second-order valence-electron chi connectivity index (χ2n) is 4.69. The van der Waals surface area contributed by atoms with Gasteiger partial charge in [-0.25, -0.2) is 0 Å². The summed E-state index contributed by atoms with van der Waals surface area (Å²) in [6.45, 7) is 6.02. The first-order valence-corrected chi connectivity index (χ1v) is 5.60. The molecule has 0 saturated heterocycles. The lowest BCUT2D eigenvalue weighted by Crippen LogP contribution is -2.26. The van der Waals surface area contributed by atoms with Crippen molar-refractivity contribution in [3.05, 3.63) is 29.8 Å². The van der Waals surface area contributed by atoms with E-state index < -0.39 is 6.98 Å². The van der Waals surface area contributed by atoms with Crippen molar-refractivity contribution in [1.82, 2.24) is 0 Å². The van der Waals surface area contributed by atoms with Gasteiger partial charge in [-0.05, 0) is 37.8 Å². The quantitative estimate of drug-likeness (QED) is 0.729. The molecule has 0 spiro atoms. The van der Waals surface area contributed by atoms with E-state index in [-0.39, 0.29) is 6.04 Å². The van der Waals surface area contributed by atoms with Gasteiger partial charge in [0.1, 0.15) is 0 Å². The standard InChI is InChI=1S/C14H23N/c1-11(2)10-13-8-6-7-9-14(13)15(5)12(3)4/h6-9,11-12H,10H2,1-5H3/i5D3. The summed E-state index contributed by atoms with van der Waals surface area (Å²) in [5.74, 6) is 0.511. The average molecular weight is 208 g/mol. The minimum Gasteiger partial charge on any atom is -0.372 e. The zero-order valence-electron chi connectivity index (χ0n) is 13.1. The summed E-state index contributed by atoms with van der Waals surface area (Å²) in [4.78, 5) is 1.53. The predicted molar refractivity (Wildman–Crippen MR) is 68.5 cm³/mol. The molecule has 0 unspecified atom stereocenters. The highest BCUT2D eigenvalue weighted by Crippen LogP contribution is 2.23. The number of anilines is 1. The highest BCUT2D eigenvalue weighted by atomic mass is 15.1. The van der Waals surface area contributed by atoms with Crippen LogP contribution >= 0.6 is 0 Å². The molecule has 0 atom stereocenters. The average Bonchev–Trinajstić information content (AvgIpc) is 2.17. The summed E-state index contributed by atoms with van der Waals surface area (Å²) in [6, 6.07) is 7.76. The van der Waals surface area contributed by atoms with E-state index in [0.29, 0.717) is 5.92 Å². The lowest BCUT2D eigenvalue weighted by molar-refractivity contribution is 0.642. The molecule has 0 aliphatic carbocycles. The molecule has 0 fully saturated rings. The molecule has 84 valence electrons. The van der Waals surface area contributed by atoms with E-state index in [0.717, 1.165) is 17.7 Å². The molecular formula is C14H23N. The van der Waals surface area contributed by atoms with Crippen LogP contribution in [0.3, 0.4) is 0 Å². The number of rotatable bonds is 4. The molecule has 0 aliphatic heterocycles. The maximum atomic E-state index is 7.70. The molecule has 1 heteroatoms. The first kappa shape index (κ1) is 8.20. The van der Waals surface area contributed by atoms with Crippen LogP contribution in [0, 0.1) is 5.92 Å². The Morgan fingerprint density at radius 1 is 1.20 bits per heavy atom. The van der Waals surface area contributed by atoms with Gasteiger partial charge in [-0.15, -0.1) is 0 Å². The lowest BCUT2D eigenvalue weighted by atomic mass is 10.0. The number of hydrogen-bond donors (Lipinski definition) is 0. The Bertz CT molecular complexity index is 383. The molecule has 0 heterocycles. The van der Waals surface area contributed by atoms with Gasteiger partial charge >= 0.3 is 0 Å². The largest absolute Gasteiger partial charge is 0.372 e. The molecule has 1 nitrogen and oxygen atoms in total. The number of benzene rings is 1. The Hall–Kier alpha value is -0.980. The minimum absolute atomic E-state index is 0.0502. The van der Waals surface area contributed by atoms with Crippen LogP contribution in [0.1, 0.15) is 37.4 Å². The van der Waals surface area contributed by atoms with E-state index >= 15 is 0 Å². The Balaban J connectivity index is 3.20. The smallest absolute Gasteiger partial charge is 0.0456 e. The van der Waals surface area contributed by atoms with E-state index in [4.69, 9.17) is 4.11 Å². The molecule has 15 heavy (non-hydrogen) atoms. The van der Waals surface area contributed by atoms with Crippen LogP contribution in [0.5, 0.6) is 0 Å². The summed E-state index contributed by atoms with van der Waals surface area (Å²) in [5.41, 5.74) is 1.94. The lowest BCUT2D eigenvalue weighted by Gasteiger charge is -2.26. The number of hydrogen-bond acceptors (Lipinski definition) is 1. The molecule has 0 radical (unpaired) electrons. The highest BCUT2D eigenvalue weighted by Gasteiger charge is 2.10. The fourth-order valence-corrected chi connectivity index (χ4v) is 1.64. The Morgan fingerprint density at radius 3 is 2.40 bits per heavy atom. The van der Waals surface area contributed by atoms with Crippen molar-refractivity contribution in [3.8, 4) is 0 Å². The number of nitrogens with zero attached hydrogens (tertiary/aromatic N) is 1. The van der Waals surface area contributed by atoms with Crippen LogP contribution in [0.15, 0.2) is 24.3 Å². The fraction of sp³-hybridized carbons (Fsp3) is 0.571. The Labute approximate surface area is 98.3 Å². The first-order valence-electron chi connectivity index (χ1n) is 7.10. The van der Waals surface area contributed by atoms with Gasteiger partial charge in [0, 0.05) is 22.8 Å². The first-order chi connectivity index (χ1) is 8.23. The van der Waals surface area contributed by atoms with Crippen molar-refractivity contribution in [2.75, 3.05) is 11.9 Å². The zero-order chi connectivity index (χ0) is 13.9. The highest BCUT2D eigenvalue weighted by molar-refractivity contribution is 5.53. The van der Waals surface area contributed by atoms with Crippen molar-refractivity contribution < 1.29 is 4.11 Å². The zero-order valence-corrected chi connectivity index (χ0v) is 10.1. The van der Waals surface area contributed by atoms with E-state index in [1.54, 1.807) is 0 Å². The maximum Gasteiger partial charge on any atom is 0.0456 e. The van der Waals surface area contributed by atoms with Crippen molar-refractivity contribution in [3.63, 3.8) is 0 Å². The van der Waals surface area contributed by atoms with Crippen molar-refractivity contribution in [2.24, 2.45) is 5.92 Å². The summed E-state index contributed by atoms with van der Waals surface area (Å²) < 4.78 is 23.1.